The summed E-state index contributed by atoms with van der Waals surface area (Å²) in [5.41, 5.74) is 0.445. The highest BCUT2D eigenvalue weighted by Gasteiger charge is 2.24. The Bertz CT molecular complexity index is 611. The van der Waals surface area contributed by atoms with Crippen LogP contribution in [0.3, 0.4) is 0 Å². The van der Waals surface area contributed by atoms with E-state index in [1.807, 2.05) is 0 Å². The monoisotopic (exact) mass is 333 g/mol. The number of benzene rings is 1. The van der Waals surface area contributed by atoms with Crippen LogP contribution in [-0.2, 0) is 10.0 Å². The first-order valence-corrected chi connectivity index (χ1v) is 9.00. The number of carboxylic acids is 1. The second-order valence-electron chi connectivity index (χ2n) is 4.65. The zero-order chi connectivity index (χ0) is 16.2. The molecule has 0 aliphatic rings. The molecule has 0 aliphatic carbocycles. The largest absolute Gasteiger partial charge is 0.478 e. The predicted octanol–water partition coefficient (Wildman–Crippen LogP) is 1.08. The molecule has 118 valence electrons. The van der Waals surface area contributed by atoms with Gasteiger partial charge in [0.15, 0.2) is 0 Å². The lowest BCUT2D eigenvalue weighted by Crippen LogP contribution is -2.41. The van der Waals surface area contributed by atoms with Crippen LogP contribution in [0, 0.1) is 6.92 Å². The first kappa shape index (κ1) is 18.0. The van der Waals surface area contributed by atoms with Crippen molar-refractivity contribution in [3.05, 3.63) is 29.3 Å². The molecule has 1 aromatic rings. The maximum atomic E-state index is 12.3. The number of rotatable bonds is 7. The van der Waals surface area contributed by atoms with Crippen molar-refractivity contribution in [2.24, 2.45) is 0 Å². The lowest BCUT2D eigenvalue weighted by Gasteiger charge is -2.21. The van der Waals surface area contributed by atoms with Gasteiger partial charge in [-0.2, -0.15) is 11.8 Å². The molecule has 0 spiro atoms. The molecule has 2 atom stereocenters. The van der Waals surface area contributed by atoms with Crippen LogP contribution in [0.1, 0.15) is 22.8 Å². The minimum Gasteiger partial charge on any atom is -0.478 e. The lowest BCUT2D eigenvalue weighted by molar-refractivity contribution is 0.0696. The van der Waals surface area contributed by atoms with Gasteiger partial charge >= 0.3 is 5.97 Å². The highest BCUT2D eigenvalue weighted by Crippen LogP contribution is 2.18. The molecule has 0 saturated heterocycles. The van der Waals surface area contributed by atoms with Crippen LogP contribution in [-0.4, -0.2) is 48.8 Å². The lowest BCUT2D eigenvalue weighted by atomic mass is 10.1. The molecule has 1 aromatic carbocycles. The summed E-state index contributed by atoms with van der Waals surface area (Å²) >= 11 is 1.35. The summed E-state index contributed by atoms with van der Waals surface area (Å²) in [6, 6.07) is 3.48. The van der Waals surface area contributed by atoms with E-state index in [1.165, 1.54) is 23.9 Å². The van der Waals surface area contributed by atoms with Gasteiger partial charge in [0.25, 0.3) is 0 Å². The second kappa shape index (κ2) is 7.26. The SMILES string of the molecule is CSC(CO)C(C)NS(=O)(=O)c1ccc(C)c(C(=O)O)c1. The van der Waals surface area contributed by atoms with Crippen LogP contribution < -0.4 is 4.72 Å². The Labute approximate surface area is 128 Å². The molecule has 0 radical (unpaired) electrons. The van der Waals surface area contributed by atoms with Crippen molar-refractivity contribution in [3.8, 4) is 0 Å². The Balaban J connectivity index is 3.09. The fourth-order valence-corrected chi connectivity index (χ4v) is 3.85. The van der Waals surface area contributed by atoms with Gasteiger partial charge in [-0.15, -0.1) is 0 Å². The molecule has 2 unspecified atom stereocenters. The summed E-state index contributed by atoms with van der Waals surface area (Å²) in [5.74, 6) is -1.17. The average molecular weight is 333 g/mol. The third kappa shape index (κ3) is 4.44. The molecular weight excluding hydrogens is 314 g/mol. The van der Waals surface area contributed by atoms with Crippen molar-refractivity contribution in [2.45, 2.75) is 30.0 Å². The molecule has 0 amide bonds. The fraction of sp³-hybridized carbons (Fsp3) is 0.462. The number of carbonyl (C=O) groups is 1. The number of aliphatic hydroxyl groups excluding tert-OH is 1. The van der Waals surface area contributed by atoms with E-state index in [-0.39, 0.29) is 22.3 Å². The Hall–Kier alpha value is -1.09. The van der Waals surface area contributed by atoms with E-state index in [9.17, 15) is 18.3 Å². The zero-order valence-electron chi connectivity index (χ0n) is 12.0. The summed E-state index contributed by atoms with van der Waals surface area (Å²) in [4.78, 5) is 11.0. The fourth-order valence-electron chi connectivity index (χ4n) is 1.82. The summed E-state index contributed by atoms with van der Waals surface area (Å²) < 4.78 is 27.0. The highest BCUT2D eigenvalue weighted by atomic mass is 32.2. The van der Waals surface area contributed by atoms with E-state index < -0.39 is 22.0 Å². The van der Waals surface area contributed by atoms with Crippen molar-refractivity contribution >= 4 is 27.8 Å². The maximum Gasteiger partial charge on any atom is 0.335 e. The van der Waals surface area contributed by atoms with Gasteiger partial charge in [0.1, 0.15) is 0 Å². The van der Waals surface area contributed by atoms with Crippen molar-refractivity contribution in [2.75, 3.05) is 12.9 Å². The second-order valence-corrected chi connectivity index (χ2v) is 7.44. The molecule has 0 heterocycles. The van der Waals surface area contributed by atoms with Crippen molar-refractivity contribution in [3.63, 3.8) is 0 Å². The summed E-state index contributed by atoms with van der Waals surface area (Å²) in [5, 5.41) is 18.0. The van der Waals surface area contributed by atoms with Crippen LogP contribution in [0.2, 0.25) is 0 Å². The minimum absolute atomic E-state index is 0.0471. The smallest absolute Gasteiger partial charge is 0.335 e. The summed E-state index contributed by atoms with van der Waals surface area (Å²) in [6.45, 7) is 3.10. The molecule has 0 saturated carbocycles. The number of hydrogen-bond donors (Lipinski definition) is 3. The van der Waals surface area contributed by atoms with Gasteiger partial charge in [-0.05, 0) is 37.8 Å². The number of thioether (sulfide) groups is 1. The number of aromatic carboxylic acids is 1. The summed E-state index contributed by atoms with van der Waals surface area (Å²) in [6.07, 6.45) is 1.78. The number of aliphatic hydroxyl groups is 1. The topological polar surface area (TPSA) is 104 Å². The van der Waals surface area contributed by atoms with Gasteiger partial charge < -0.3 is 10.2 Å². The van der Waals surface area contributed by atoms with Crippen LogP contribution in [0.5, 0.6) is 0 Å². The number of aryl methyl sites for hydroxylation is 1. The van der Waals surface area contributed by atoms with Crippen molar-refractivity contribution in [1.82, 2.24) is 4.72 Å². The van der Waals surface area contributed by atoms with Crippen LogP contribution in [0.15, 0.2) is 23.1 Å². The van der Waals surface area contributed by atoms with Crippen LogP contribution >= 0.6 is 11.8 Å². The van der Waals surface area contributed by atoms with E-state index in [1.54, 1.807) is 20.1 Å². The standard InChI is InChI=1S/C13H19NO5S2/c1-8-4-5-10(6-11(8)13(16)17)21(18,19)14-9(2)12(7-15)20-3/h4-6,9,12,14-15H,7H2,1-3H3,(H,16,17). The van der Waals surface area contributed by atoms with E-state index >= 15 is 0 Å². The molecule has 6 nitrogen and oxygen atoms in total. The number of sulfonamides is 1. The molecule has 0 bridgehead atoms. The third-order valence-electron chi connectivity index (χ3n) is 3.13. The van der Waals surface area contributed by atoms with Gasteiger partial charge in [-0.25, -0.2) is 17.9 Å². The van der Waals surface area contributed by atoms with Crippen LogP contribution in [0.25, 0.3) is 0 Å². The van der Waals surface area contributed by atoms with E-state index in [0.29, 0.717) is 5.56 Å². The molecule has 0 aliphatic heterocycles. The Morgan fingerprint density at radius 3 is 2.52 bits per heavy atom. The molecule has 8 heteroatoms. The normalized spacial score (nSPS) is 14.7. The number of hydrogen-bond acceptors (Lipinski definition) is 5. The molecular formula is C13H19NO5S2. The quantitative estimate of drug-likeness (QED) is 0.690. The molecule has 0 fully saturated rings. The maximum absolute atomic E-state index is 12.3. The third-order valence-corrected chi connectivity index (χ3v) is 5.85. The predicted molar refractivity (Wildman–Crippen MR) is 82.3 cm³/mol. The van der Waals surface area contributed by atoms with Gasteiger partial charge in [0, 0.05) is 11.3 Å². The number of carboxylic acid groups (broad SMARTS) is 1. The van der Waals surface area contributed by atoms with E-state index in [0.717, 1.165) is 6.07 Å². The number of nitrogens with one attached hydrogen (secondary N) is 1. The van der Waals surface area contributed by atoms with Gasteiger partial charge in [0.2, 0.25) is 10.0 Å². The molecule has 0 aromatic heterocycles. The minimum atomic E-state index is -3.84. The Morgan fingerprint density at radius 2 is 2.05 bits per heavy atom. The van der Waals surface area contributed by atoms with E-state index in [4.69, 9.17) is 5.11 Å². The van der Waals surface area contributed by atoms with Gasteiger partial charge in [0.05, 0.1) is 17.1 Å². The van der Waals surface area contributed by atoms with Crippen LogP contribution in [0.4, 0.5) is 0 Å². The first-order chi connectivity index (χ1) is 9.72. The van der Waals surface area contributed by atoms with Crippen molar-refractivity contribution < 1.29 is 23.4 Å². The molecule has 21 heavy (non-hydrogen) atoms. The Morgan fingerprint density at radius 1 is 1.43 bits per heavy atom. The highest BCUT2D eigenvalue weighted by molar-refractivity contribution is 7.99. The van der Waals surface area contributed by atoms with Crippen molar-refractivity contribution in [1.29, 1.82) is 0 Å². The molecule has 3 N–H and O–H groups in total. The summed E-state index contributed by atoms with van der Waals surface area (Å²) in [7, 11) is -3.84. The first-order valence-electron chi connectivity index (χ1n) is 6.23. The van der Waals surface area contributed by atoms with E-state index in [2.05, 4.69) is 4.72 Å². The zero-order valence-corrected chi connectivity index (χ0v) is 13.7. The Kier molecular flexibility index (Phi) is 6.21. The average Bonchev–Trinajstić information content (AvgIpc) is 2.39. The van der Waals surface area contributed by atoms with Gasteiger partial charge in [-0.3, -0.25) is 0 Å². The van der Waals surface area contributed by atoms with Gasteiger partial charge in [-0.1, -0.05) is 6.07 Å². The molecule has 1 rings (SSSR count).